The van der Waals surface area contributed by atoms with Crippen molar-refractivity contribution >= 4 is 21.9 Å². The van der Waals surface area contributed by atoms with Gasteiger partial charge in [-0.1, -0.05) is 18.2 Å². The van der Waals surface area contributed by atoms with Crippen molar-refractivity contribution in [2.24, 2.45) is 0 Å². The summed E-state index contributed by atoms with van der Waals surface area (Å²) in [5, 5.41) is 12.4. The van der Waals surface area contributed by atoms with Crippen LogP contribution in [0.5, 0.6) is 5.75 Å². The molecule has 3 aromatic rings. The van der Waals surface area contributed by atoms with Gasteiger partial charge in [0.25, 0.3) is 0 Å². The van der Waals surface area contributed by atoms with Gasteiger partial charge in [0.2, 0.25) is 0 Å². The fraction of sp³-hybridized carbons (Fsp3) is 0.400. The highest BCUT2D eigenvalue weighted by Crippen LogP contribution is 2.31. The van der Waals surface area contributed by atoms with Gasteiger partial charge in [0, 0.05) is 43.5 Å². The maximum absolute atomic E-state index is 10.3. The van der Waals surface area contributed by atoms with Crippen molar-refractivity contribution in [1.29, 1.82) is 0 Å². The molecule has 1 atom stereocenters. The second-order valence-electron chi connectivity index (χ2n) is 6.82. The van der Waals surface area contributed by atoms with Crippen molar-refractivity contribution in [3.63, 3.8) is 0 Å². The third-order valence-electron chi connectivity index (χ3n) is 4.86. The lowest BCUT2D eigenvalue weighted by Gasteiger charge is -2.33. The van der Waals surface area contributed by atoms with Crippen LogP contribution < -0.4 is 4.74 Å². The van der Waals surface area contributed by atoms with Crippen molar-refractivity contribution in [3.8, 4) is 5.75 Å². The molecule has 1 aliphatic rings. The lowest BCUT2D eigenvalue weighted by Crippen LogP contribution is -2.47. The number of furan rings is 1. The first-order valence-electron chi connectivity index (χ1n) is 8.82. The molecule has 5 heteroatoms. The summed E-state index contributed by atoms with van der Waals surface area (Å²) in [4.78, 5) is 4.60. The van der Waals surface area contributed by atoms with Crippen molar-refractivity contribution in [3.05, 3.63) is 42.5 Å². The SMILES string of the molecule is CN1CCN(CC(O)COc2ccc3oc4ccccc4c3c2)CC1. The van der Waals surface area contributed by atoms with E-state index in [1.54, 1.807) is 0 Å². The minimum atomic E-state index is -0.486. The van der Waals surface area contributed by atoms with E-state index in [4.69, 9.17) is 9.15 Å². The van der Waals surface area contributed by atoms with Gasteiger partial charge in [0.1, 0.15) is 29.6 Å². The number of hydrogen-bond donors (Lipinski definition) is 1. The largest absolute Gasteiger partial charge is 0.491 e. The molecule has 5 nitrogen and oxygen atoms in total. The van der Waals surface area contributed by atoms with Crippen molar-refractivity contribution in [2.45, 2.75) is 6.10 Å². The summed E-state index contributed by atoms with van der Waals surface area (Å²) in [6.07, 6.45) is -0.486. The maximum Gasteiger partial charge on any atom is 0.135 e. The van der Waals surface area contributed by atoms with Crippen LogP contribution in [-0.2, 0) is 0 Å². The number of aliphatic hydroxyl groups excluding tert-OH is 1. The quantitative estimate of drug-likeness (QED) is 0.774. The summed E-state index contributed by atoms with van der Waals surface area (Å²) in [5.74, 6) is 0.761. The fourth-order valence-corrected chi connectivity index (χ4v) is 3.37. The summed E-state index contributed by atoms with van der Waals surface area (Å²) < 4.78 is 11.7. The molecule has 1 N–H and O–H groups in total. The normalized spacial score (nSPS) is 18.0. The molecule has 1 saturated heterocycles. The number of fused-ring (bicyclic) bond motifs is 3. The lowest BCUT2D eigenvalue weighted by molar-refractivity contribution is 0.0505. The molecule has 0 amide bonds. The topological polar surface area (TPSA) is 49.1 Å². The van der Waals surface area contributed by atoms with E-state index in [9.17, 15) is 5.11 Å². The zero-order chi connectivity index (χ0) is 17.2. The molecule has 0 saturated carbocycles. The highest BCUT2D eigenvalue weighted by molar-refractivity contribution is 6.05. The third-order valence-corrected chi connectivity index (χ3v) is 4.86. The minimum absolute atomic E-state index is 0.299. The molecular weight excluding hydrogens is 316 g/mol. The van der Waals surface area contributed by atoms with Crippen LogP contribution in [0.1, 0.15) is 0 Å². The molecule has 2 heterocycles. The van der Waals surface area contributed by atoms with Crippen LogP contribution in [-0.4, -0.2) is 67.4 Å². The van der Waals surface area contributed by atoms with Gasteiger partial charge in [-0.3, -0.25) is 4.90 Å². The molecule has 1 unspecified atom stereocenters. The Bertz CT molecular complexity index is 852. The molecule has 0 aliphatic carbocycles. The molecule has 4 rings (SSSR count). The van der Waals surface area contributed by atoms with Crippen molar-refractivity contribution < 1.29 is 14.3 Å². The van der Waals surface area contributed by atoms with Crippen LogP contribution in [0.25, 0.3) is 21.9 Å². The molecule has 1 fully saturated rings. The fourth-order valence-electron chi connectivity index (χ4n) is 3.37. The molecule has 25 heavy (non-hydrogen) atoms. The van der Waals surface area contributed by atoms with E-state index in [1.807, 2.05) is 42.5 Å². The van der Waals surface area contributed by atoms with Gasteiger partial charge in [-0.05, 0) is 31.3 Å². The Balaban J connectivity index is 1.39. The van der Waals surface area contributed by atoms with Gasteiger partial charge in [0.05, 0.1) is 0 Å². The third kappa shape index (κ3) is 3.63. The molecular formula is C20H24N2O3. The van der Waals surface area contributed by atoms with E-state index in [0.29, 0.717) is 13.2 Å². The summed E-state index contributed by atoms with van der Waals surface area (Å²) in [6.45, 7) is 5.06. The van der Waals surface area contributed by atoms with Crippen LogP contribution in [0, 0.1) is 0 Å². The Morgan fingerprint density at radius 3 is 2.64 bits per heavy atom. The van der Waals surface area contributed by atoms with Crippen molar-refractivity contribution in [1.82, 2.24) is 9.80 Å². The first-order valence-corrected chi connectivity index (χ1v) is 8.82. The van der Waals surface area contributed by atoms with E-state index in [1.165, 1.54) is 0 Å². The van der Waals surface area contributed by atoms with Gasteiger partial charge >= 0.3 is 0 Å². The van der Waals surface area contributed by atoms with Crippen LogP contribution in [0.3, 0.4) is 0 Å². The Hall–Kier alpha value is -2.08. The smallest absolute Gasteiger partial charge is 0.135 e. The summed E-state index contributed by atoms with van der Waals surface area (Å²) >= 11 is 0. The van der Waals surface area contributed by atoms with Crippen LogP contribution in [0.4, 0.5) is 0 Å². The second kappa shape index (κ2) is 7.04. The van der Waals surface area contributed by atoms with Crippen molar-refractivity contribution in [2.75, 3.05) is 46.4 Å². The number of β-amino-alcohol motifs (C(OH)–C–C–N with tert-alkyl or cyclic N) is 1. The van der Waals surface area contributed by atoms with E-state index >= 15 is 0 Å². The standard InChI is InChI=1S/C20H24N2O3/c1-21-8-10-22(11-9-21)13-15(23)14-24-16-6-7-20-18(12-16)17-4-2-3-5-19(17)25-20/h2-7,12,15,23H,8-11,13-14H2,1H3. The number of benzene rings is 2. The first kappa shape index (κ1) is 16.4. The average molecular weight is 340 g/mol. The maximum atomic E-state index is 10.3. The van der Waals surface area contributed by atoms with Gasteiger partial charge in [-0.25, -0.2) is 0 Å². The Labute approximate surface area is 147 Å². The monoisotopic (exact) mass is 340 g/mol. The van der Waals surface area contributed by atoms with Gasteiger partial charge in [-0.2, -0.15) is 0 Å². The number of piperazine rings is 1. The molecule has 0 bridgehead atoms. The molecule has 0 radical (unpaired) electrons. The summed E-state index contributed by atoms with van der Waals surface area (Å²) in [5.41, 5.74) is 1.73. The number of para-hydroxylation sites is 1. The zero-order valence-corrected chi connectivity index (χ0v) is 14.5. The second-order valence-corrected chi connectivity index (χ2v) is 6.82. The molecule has 1 aromatic heterocycles. The number of likely N-dealkylation sites (N-methyl/N-ethyl adjacent to an activating group) is 1. The number of ether oxygens (including phenoxy) is 1. The van der Waals surface area contributed by atoms with Crippen LogP contribution in [0.15, 0.2) is 46.9 Å². The predicted molar refractivity (Wildman–Crippen MR) is 99.2 cm³/mol. The molecule has 0 spiro atoms. The van der Waals surface area contributed by atoms with Crippen LogP contribution >= 0.6 is 0 Å². The van der Waals surface area contributed by atoms with E-state index < -0.39 is 6.10 Å². The van der Waals surface area contributed by atoms with E-state index in [-0.39, 0.29) is 0 Å². The average Bonchev–Trinajstić information content (AvgIpc) is 3.00. The minimum Gasteiger partial charge on any atom is -0.491 e. The molecule has 132 valence electrons. The Morgan fingerprint density at radius 2 is 1.80 bits per heavy atom. The molecule has 1 aliphatic heterocycles. The molecule has 2 aromatic carbocycles. The van der Waals surface area contributed by atoms with Crippen LogP contribution in [0.2, 0.25) is 0 Å². The number of rotatable bonds is 5. The number of hydrogen-bond acceptors (Lipinski definition) is 5. The summed E-state index contributed by atoms with van der Waals surface area (Å²) in [7, 11) is 2.13. The lowest BCUT2D eigenvalue weighted by atomic mass is 10.1. The Morgan fingerprint density at radius 1 is 1.04 bits per heavy atom. The predicted octanol–water partition coefficient (Wildman–Crippen LogP) is 2.57. The highest BCUT2D eigenvalue weighted by Gasteiger charge is 2.17. The highest BCUT2D eigenvalue weighted by atomic mass is 16.5. The number of aliphatic hydroxyl groups is 1. The van der Waals surface area contributed by atoms with E-state index in [2.05, 4.69) is 16.8 Å². The Kier molecular flexibility index (Phi) is 4.61. The first-order chi connectivity index (χ1) is 12.2. The van der Waals surface area contributed by atoms with E-state index in [0.717, 1.165) is 53.9 Å². The van der Waals surface area contributed by atoms with Gasteiger partial charge in [0.15, 0.2) is 0 Å². The number of nitrogens with zero attached hydrogens (tertiary/aromatic N) is 2. The zero-order valence-electron chi connectivity index (χ0n) is 14.5. The van der Waals surface area contributed by atoms with Gasteiger partial charge in [-0.15, -0.1) is 0 Å². The summed E-state index contributed by atoms with van der Waals surface area (Å²) in [6, 6.07) is 13.8. The van der Waals surface area contributed by atoms with Gasteiger partial charge < -0.3 is 19.2 Å².